The molecule has 0 amide bonds. The van der Waals surface area contributed by atoms with E-state index in [-0.39, 0.29) is 0 Å². The molecular weight excluding hydrogens is 322 g/mol. The number of anilines is 1. The maximum atomic E-state index is 6.10. The van der Waals surface area contributed by atoms with Crippen LogP contribution in [0, 0.1) is 6.92 Å². The highest BCUT2D eigenvalue weighted by Gasteiger charge is 2.27. The van der Waals surface area contributed by atoms with Crippen molar-refractivity contribution in [3.05, 3.63) is 47.1 Å². The number of para-hydroxylation sites is 2. The largest absolute Gasteiger partial charge is 0.370 e. The van der Waals surface area contributed by atoms with Crippen molar-refractivity contribution in [1.29, 1.82) is 0 Å². The molecule has 124 valence electrons. The Balaban J connectivity index is 1.38. The van der Waals surface area contributed by atoms with Crippen LogP contribution in [0.4, 0.5) is 5.82 Å². The third-order valence-electron chi connectivity index (χ3n) is 4.36. The van der Waals surface area contributed by atoms with Crippen LogP contribution in [0.15, 0.2) is 30.3 Å². The van der Waals surface area contributed by atoms with Gasteiger partial charge in [-0.3, -0.25) is 0 Å². The zero-order chi connectivity index (χ0) is 16.5. The molecule has 4 rings (SSSR count). The van der Waals surface area contributed by atoms with Crippen LogP contribution in [0.2, 0.25) is 5.15 Å². The molecule has 0 bridgehead atoms. The van der Waals surface area contributed by atoms with Crippen molar-refractivity contribution in [2.75, 3.05) is 11.9 Å². The van der Waals surface area contributed by atoms with Crippen molar-refractivity contribution in [2.45, 2.75) is 38.6 Å². The lowest BCUT2D eigenvalue weighted by Crippen LogP contribution is -2.09. The minimum absolute atomic E-state index is 0.504. The molecule has 1 aliphatic carbocycles. The van der Waals surface area contributed by atoms with Crippen LogP contribution in [0.25, 0.3) is 11.0 Å². The Kier molecular flexibility index (Phi) is 4.10. The summed E-state index contributed by atoms with van der Waals surface area (Å²) in [4.78, 5) is 13.5. The van der Waals surface area contributed by atoms with Crippen molar-refractivity contribution in [3.63, 3.8) is 0 Å². The molecule has 1 fully saturated rings. The van der Waals surface area contributed by atoms with Gasteiger partial charge in [0.2, 0.25) is 0 Å². The molecule has 2 heterocycles. The van der Waals surface area contributed by atoms with E-state index in [2.05, 4.69) is 50.0 Å². The fourth-order valence-electron chi connectivity index (χ4n) is 2.98. The van der Waals surface area contributed by atoms with E-state index >= 15 is 0 Å². The molecule has 0 spiro atoms. The number of aryl methyl sites for hydroxylation is 2. The summed E-state index contributed by atoms with van der Waals surface area (Å²) in [5.74, 6) is 3.26. The number of nitrogens with one attached hydrogen (secondary N) is 1. The Morgan fingerprint density at radius 1 is 1.21 bits per heavy atom. The Labute approximate surface area is 146 Å². The molecule has 1 aromatic carbocycles. The van der Waals surface area contributed by atoms with Gasteiger partial charge in [-0.2, -0.15) is 0 Å². The second kappa shape index (κ2) is 6.40. The molecule has 0 atom stereocenters. The van der Waals surface area contributed by atoms with E-state index in [9.17, 15) is 0 Å². The summed E-state index contributed by atoms with van der Waals surface area (Å²) in [6.07, 6.45) is 3.33. The van der Waals surface area contributed by atoms with Crippen molar-refractivity contribution in [2.24, 2.45) is 0 Å². The minimum atomic E-state index is 0.504. The summed E-state index contributed by atoms with van der Waals surface area (Å²) in [5, 5.41) is 3.89. The van der Waals surface area contributed by atoms with E-state index in [1.54, 1.807) is 6.07 Å². The highest BCUT2D eigenvalue weighted by molar-refractivity contribution is 6.29. The summed E-state index contributed by atoms with van der Waals surface area (Å²) in [7, 11) is 0. The van der Waals surface area contributed by atoms with Crippen LogP contribution in [0.3, 0.4) is 0 Å². The van der Waals surface area contributed by atoms with Crippen LogP contribution in [0.1, 0.15) is 36.8 Å². The van der Waals surface area contributed by atoms with Crippen molar-refractivity contribution >= 4 is 28.5 Å². The van der Waals surface area contributed by atoms with Gasteiger partial charge in [0.15, 0.2) is 0 Å². The van der Waals surface area contributed by atoms with Gasteiger partial charge in [0, 0.05) is 25.1 Å². The van der Waals surface area contributed by atoms with Crippen molar-refractivity contribution in [3.8, 4) is 0 Å². The second-order valence-corrected chi connectivity index (χ2v) is 6.68. The summed E-state index contributed by atoms with van der Waals surface area (Å²) in [6, 6.07) is 10.1. The Bertz CT molecular complexity index is 869. The molecule has 1 aliphatic rings. The molecule has 5 nitrogen and oxygen atoms in total. The number of benzene rings is 1. The maximum Gasteiger partial charge on any atom is 0.135 e. The Hall–Kier alpha value is -2.14. The van der Waals surface area contributed by atoms with E-state index in [1.165, 1.54) is 18.4 Å². The lowest BCUT2D eigenvalue weighted by atomic mass is 10.3. The van der Waals surface area contributed by atoms with Gasteiger partial charge >= 0.3 is 0 Å². The van der Waals surface area contributed by atoms with Gasteiger partial charge in [-0.1, -0.05) is 23.7 Å². The first-order chi connectivity index (χ1) is 11.7. The molecule has 1 saturated carbocycles. The molecule has 0 saturated heterocycles. The third-order valence-corrected chi connectivity index (χ3v) is 4.56. The fraction of sp³-hybridized carbons (Fsp3) is 0.389. The van der Waals surface area contributed by atoms with Crippen LogP contribution < -0.4 is 5.32 Å². The van der Waals surface area contributed by atoms with Gasteiger partial charge in [0.05, 0.1) is 11.0 Å². The van der Waals surface area contributed by atoms with E-state index in [0.29, 0.717) is 11.1 Å². The number of aromatic nitrogens is 4. The first-order valence-corrected chi connectivity index (χ1v) is 8.79. The van der Waals surface area contributed by atoms with Crippen LogP contribution in [-0.2, 0) is 6.54 Å². The summed E-state index contributed by atoms with van der Waals surface area (Å²) >= 11 is 6.10. The summed E-state index contributed by atoms with van der Waals surface area (Å²) < 4.78 is 2.26. The highest BCUT2D eigenvalue weighted by atomic mass is 35.5. The average Bonchev–Trinajstić information content (AvgIpc) is 3.36. The molecule has 0 radical (unpaired) electrons. The Morgan fingerprint density at radius 2 is 2.04 bits per heavy atom. The average molecular weight is 342 g/mol. The maximum absolute atomic E-state index is 6.10. The van der Waals surface area contributed by atoms with Gasteiger partial charge in [-0.05, 0) is 38.3 Å². The van der Waals surface area contributed by atoms with Gasteiger partial charge in [-0.25, -0.2) is 15.0 Å². The molecule has 2 aromatic heterocycles. The van der Waals surface area contributed by atoms with Gasteiger partial charge in [0.1, 0.15) is 22.6 Å². The zero-order valence-corrected chi connectivity index (χ0v) is 14.4. The Morgan fingerprint density at radius 3 is 2.88 bits per heavy atom. The van der Waals surface area contributed by atoms with Crippen LogP contribution in [-0.4, -0.2) is 26.1 Å². The quantitative estimate of drug-likeness (QED) is 0.540. The second-order valence-electron chi connectivity index (χ2n) is 6.29. The molecular formula is C18H20ClN5. The number of imidazole rings is 1. The number of hydrogen-bond donors (Lipinski definition) is 1. The third kappa shape index (κ3) is 3.22. The molecule has 24 heavy (non-hydrogen) atoms. The number of rotatable bonds is 6. The standard InChI is InChI=1S/C18H20ClN5/c1-12-21-14-5-2-3-6-15(14)24(12)10-4-9-20-17-11-16(19)22-18(23-17)13-7-8-13/h2-3,5-6,11,13H,4,7-10H2,1H3,(H,20,22,23). The highest BCUT2D eigenvalue weighted by Crippen LogP contribution is 2.38. The lowest BCUT2D eigenvalue weighted by molar-refractivity contribution is 0.658. The normalized spacial score (nSPS) is 14.2. The predicted octanol–water partition coefficient (Wildman–Crippen LogP) is 4.17. The van der Waals surface area contributed by atoms with Gasteiger partial charge in [0.25, 0.3) is 0 Å². The van der Waals surface area contributed by atoms with E-state index in [1.807, 2.05) is 6.07 Å². The molecule has 0 unspecified atom stereocenters. The number of halogens is 1. The lowest BCUT2D eigenvalue weighted by Gasteiger charge is -2.09. The van der Waals surface area contributed by atoms with Crippen molar-refractivity contribution < 1.29 is 0 Å². The number of hydrogen-bond acceptors (Lipinski definition) is 4. The smallest absolute Gasteiger partial charge is 0.135 e. The fourth-order valence-corrected chi connectivity index (χ4v) is 3.17. The predicted molar refractivity (Wildman–Crippen MR) is 96.6 cm³/mol. The van der Waals surface area contributed by atoms with Crippen LogP contribution in [0.5, 0.6) is 0 Å². The summed E-state index contributed by atoms with van der Waals surface area (Å²) in [6.45, 7) is 3.82. The SMILES string of the molecule is Cc1nc2ccccc2n1CCCNc1cc(Cl)nc(C2CC2)n1. The van der Waals surface area contributed by atoms with Crippen LogP contribution >= 0.6 is 11.6 Å². The van der Waals surface area contributed by atoms with Gasteiger partial charge < -0.3 is 9.88 Å². The molecule has 1 N–H and O–H groups in total. The van der Waals surface area contributed by atoms with Crippen molar-refractivity contribution in [1.82, 2.24) is 19.5 Å². The van der Waals surface area contributed by atoms with E-state index < -0.39 is 0 Å². The summed E-state index contributed by atoms with van der Waals surface area (Å²) in [5.41, 5.74) is 2.25. The monoisotopic (exact) mass is 341 g/mol. The minimum Gasteiger partial charge on any atom is -0.370 e. The molecule has 3 aromatic rings. The van der Waals surface area contributed by atoms with Gasteiger partial charge in [-0.15, -0.1) is 0 Å². The first kappa shape index (κ1) is 15.4. The van der Waals surface area contributed by atoms with E-state index in [0.717, 1.165) is 42.5 Å². The first-order valence-electron chi connectivity index (χ1n) is 8.41. The number of nitrogens with zero attached hydrogens (tertiary/aromatic N) is 4. The zero-order valence-electron chi connectivity index (χ0n) is 13.7. The topological polar surface area (TPSA) is 55.6 Å². The molecule has 0 aliphatic heterocycles. The number of fused-ring (bicyclic) bond motifs is 1. The van der Waals surface area contributed by atoms with E-state index in [4.69, 9.17) is 11.6 Å². The molecule has 6 heteroatoms.